The lowest BCUT2D eigenvalue weighted by atomic mass is 10.1. The Morgan fingerprint density at radius 2 is 1.71 bits per heavy atom. The van der Waals surface area contributed by atoms with E-state index in [0.29, 0.717) is 12.2 Å². The molecular formula is C24H21N5O2. The van der Waals surface area contributed by atoms with Crippen molar-refractivity contribution in [2.75, 3.05) is 19.5 Å². The van der Waals surface area contributed by atoms with Gasteiger partial charge in [0.05, 0.1) is 19.7 Å². The number of nitrogens with one attached hydrogen (secondary N) is 1. The van der Waals surface area contributed by atoms with Gasteiger partial charge in [-0.25, -0.2) is 4.98 Å². The molecule has 0 aliphatic rings. The number of para-hydroxylation sites is 1. The minimum atomic E-state index is 0.544. The second kappa shape index (κ2) is 7.95. The number of aromatic nitrogens is 4. The fraction of sp³-hybridized carbons (Fsp3) is 0.125. The van der Waals surface area contributed by atoms with Gasteiger partial charge in [0.1, 0.15) is 23.0 Å². The van der Waals surface area contributed by atoms with Crippen LogP contribution in [-0.4, -0.2) is 34.0 Å². The van der Waals surface area contributed by atoms with Crippen molar-refractivity contribution in [2.45, 2.75) is 6.54 Å². The molecule has 7 nitrogen and oxygen atoms in total. The number of methoxy groups -OCH3 is 2. The molecule has 0 fully saturated rings. The molecule has 1 N–H and O–H groups in total. The predicted molar refractivity (Wildman–Crippen MR) is 121 cm³/mol. The number of benzene rings is 3. The maximum Gasteiger partial charge on any atom is 0.186 e. The van der Waals surface area contributed by atoms with E-state index in [1.165, 1.54) is 0 Å². The summed E-state index contributed by atoms with van der Waals surface area (Å²) < 4.78 is 12.6. The number of ether oxygens (including phenoxy) is 2. The van der Waals surface area contributed by atoms with E-state index in [-0.39, 0.29) is 0 Å². The summed E-state index contributed by atoms with van der Waals surface area (Å²) in [5, 5.41) is 13.2. The summed E-state index contributed by atoms with van der Waals surface area (Å²) in [5.41, 5.74) is 4.36. The van der Waals surface area contributed by atoms with E-state index in [1.54, 1.807) is 18.7 Å². The van der Waals surface area contributed by atoms with Gasteiger partial charge in [0.25, 0.3) is 0 Å². The van der Waals surface area contributed by atoms with Crippen LogP contribution in [0.25, 0.3) is 27.8 Å². The minimum absolute atomic E-state index is 0.544. The third kappa shape index (κ3) is 3.40. The first-order valence-corrected chi connectivity index (χ1v) is 9.93. The number of nitrogens with zero attached hydrogens (tertiary/aromatic N) is 4. The molecule has 5 aromatic rings. The van der Waals surface area contributed by atoms with Crippen molar-refractivity contribution in [3.05, 3.63) is 78.4 Å². The van der Waals surface area contributed by atoms with Gasteiger partial charge in [0, 0.05) is 29.1 Å². The zero-order valence-corrected chi connectivity index (χ0v) is 17.2. The lowest BCUT2D eigenvalue weighted by Gasteiger charge is -2.13. The number of hydrogen-bond acceptors (Lipinski definition) is 6. The quantitative estimate of drug-likeness (QED) is 0.441. The molecule has 0 aliphatic heterocycles. The second-order valence-electron chi connectivity index (χ2n) is 7.05. The van der Waals surface area contributed by atoms with Crippen LogP contribution in [0.4, 0.5) is 5.82 Å². The zero-order valence-electron chi connectivity index (χ0n) is 17.2. The summed E-state index contributed by atoms with van der Waals surface area (Å²) in [6.07, 6.45) is 0. The van der Waals surface area contributed by atoms with Crippen LogP contribution in [0.15, 0.2) is 72.8 Å². The average molecular weight is 411 g/mol. The zero-order chi connectivity index (χ0) is 21.2. The first kappa shape index (κ1) is 18.9. The highest BCUT2D eigenvalue weighted by molar-refractivity contribution is 5.93. The molecule has 0 atom stereocenters. The normalized spacial score (nSPS) is 11.0. The van der Waals surface area contributed by atoms with Crippen molar-refractivity contribution >= 4 is 22.4 Å². The van der Waals surface area contributed by atoms with E-state index in [1.807, 2.05) is 72.8 Å². The molecule has 0 spiro atoms. The molecule has 0 unspecified atom stereocenters. The standard InChI is InChI=1S/C24H21N5O2/c1-30-18-13-12-17(21(14-18)31-2)15-25-23-19-10-6-7-11-20(19)29-24(26-23)22(27-28-29)16-8-4-3-5-9-16/h3-14H,15H2,1-2H3,(H,25,26). The molecule has 2 aromatic heterocycles. The Morgan fingerprint density at radius 1 is 0.903 bits per heavy atom. The SMILES string of the molecule is COc1ccc(CNc2nc3c(-c4ccccc4)nnn3c3ccccc23)c(OC)c1. The van der Waals surface area contributed by atoms with Gasteiger partial charge in [-0.1, -0.05) is 47.7 Å². The molecule has 31 heavy (non-hydrogen) atoms. The molecule has 0 amide bonds. The van der Waals surface area contributed by atoms with Crippen molar-refractivity contribution in [3.63, 3.8) is 0 Å². The maximum atomic E-state index is 5.53. The molecule has 0 bridgehead atoms. The lowest BCUT2D eigenvalue weighted by Crippen LogP contribution is -2.06. The van der Waals surface area contributed by atoms with E-state index >= 15 is 0 Å². The molecule has 0 saturated carbocycles. The van der Waals surface area contributed by atoms with E-state index < -0.39 is 0 Å². The van der Waals surface area contributed by atoms with Crippen LogP contribution >= 0.6 is 0 Å². The van der Waals surface area contributed by atoms with Gasteiger partial charge in [0.15, 0.2) is 5.65 Å². The largest absolute Gasteiger partial charge is 0.497 e. The molecule has 7 heteroatoms. The first-order chi connectivity index (χ1) is 15.3. The molecule has 3 aromatic carbocycles. The first-order valence-electron chi connectivity index (χ1n) is 9.93. The van der Waals surface area contributed by atoms with Crippen LogP contribution in [0, 0.1) is 0 Å². The Morgan fingerprint density at radius 3 is 2.52 bits per heavy atom. The summed E-state index contributed by atoms with van der Waals surface area (Å²) in [7, 11) is 3.30. The Labute approximate surface area is 179 Å². The molecule has 0 radical (unpaired) electrons. The monoisotopic (exact) mass is 411 g/mol. The smallest absolute Gasteiger partial charge is 0.186 e. The molecule has 2 heterocycles. The van der Waals surface area contributed by atoms with Crippen molar-refractivity contribution in [2.24, 2.45) is 0 Å². The average Bonchev–Trinajstić information content (AvgIpc) is 3.27. The van der Waals surface area contributed by atoms with Crippen molar-refractivity contribution in [1.82, 2.24) is 19.8 Å². The Hall–Kier alpha value is -4.13. The Bertz CT molecular complexity index is 1370. The lowest BCUT2D eigenvalue weighted by molar-refractivity contribution is 0.391. The number of hydrogen-bond donors (Lipinski definition) is 1. The number of anilines is 1. The van der Waals surface area contributed by atoms with Gasteiger partial charge in [-0.05, 0) is 24.3 Å². The van der Waals surface area contributed by atoms with Gasteiger partial charge >= 0.3 is 0 Å². The van der Waals surface area contributed by atoms with Crippen molar-refractivity contribution in [3.8, 4) is 22.8 Å². The van der Waals surface area contributed by atoms with Crippen molar-refractivity contribution in [1.29, 1.82) is 0 Å². The van der Waals surface area contributed by atoms with Crippen LogP contribution in [0.5, 0.6) is 11.5 Å². The summed E-state index contributed by atoms with van der Waals surface area (Å²) >= 11 is 0. The third-order valence-electron chi connectivity index (χ3n) is 5.24. The fourth-order valence-electron chi connectivity index (χ4n) is 3.66. The maximum absolute atomic E-state index is 5.53. The topological polar surface area (TPSA) is 73.6 Å². The fourth-order valence-corrected chi connectivity index (χ4v) is 3.66. The molecular weight excluding hydrogens is 390 g/mol. The predicted octanol–water partition coefficient (Wildman–Crippen LogP) is 4.57. The molecule has 5 rings (SSSR count). The van der Waals surface area contributed by atoms with Gasteiger partial charge in [-0.15, -0.1) is 5.10 Å². The van der Waals surface area contributed by atoms with E-state index in [9.17, 15) is 0 Å². The Kier molecular flexibility index (Phi) is 4.84. The number of fused-ring (bicyclic) bond motifs is 3. The van der Waals surface area contributed by atoms with Crippen LogP contribution in [0.3, 0.4) is 0 Å². The summed E-state index contributed by atoms with van der Waals surface area (Å²) in [6, 6.07) is 23.8. The van der Waals surface area contributed by atoms with Crippen LogP contribution < -0.4 is 14.8 Å². The van der Waals surface area contributed by atoms with Crippen LogP contribution in [-0.2, 0) is 6.54 Å². The van der Waals surface area contributed by atoms with Gasteiger partial charge in [-0.2, -0.15) is 4.52 Å². The summed E-state index contributed by atoms with van der Waals surface area (Å²) in [5.74, 6) is 2.28. The highest BCUT2D eigenvalue weighted by Crippen LogP contribution is 2.29. The van der Waals surface area contributed by atoms with E-state index in [0.717, 1.165) is 45.0 Å². The van der Waals surface area contributed by atoms with Crippen LogP contribution in [0.1, 0.15) is 5.56 Å². The van der Waals surface area contributed by atoms with Crippen molar-refractivity contribution < 1.29 is 9.47 Å². The van der Waals surface area contributed by atoms with Gasteiger partial charge < -0.3 is 14.8 Å². The number of rotatable bonds is 6. The second-order valence-corrected chi connectivity index (χ2v) is 7.05. The van der Waals surface area contributed by atoms with Crippen LogP contribution in [0.2, 0.25) is 0 Å². The third-order valence-corrected chi connectivity index (χ3v) is 5.24. The summed E-state index contributed by atoms with van der Waals surface area (Å²) in [6.45, 7) is 0.544. The Balaban J connectivity index is 1.59. The van der Waals surface area contributed by atoms with E-state index in [2.05, 4.69) is 15.6 Å². The summed E-state index contributed by atoms with van der Waals surface area (Å²) in [4.78, 5) is 4.91. The molecule has 154 valence electrons. The van der Waals surface area contributed by atoms with Gasteiger partial charge in [0.2, 0.25) is 0 Å². The highest BCUT2D eigenvalue weighted by atomic mass is 16.5. The molecule has 0 saturated heterocycles. The van der Waals surface area contributed by atoms with E-state index in [4.69, 9.17) is 14.5 Å². The highest BCUT2D eigenvalue weighted by Gasteiger charge is 2.16. The minimum Gasteiger partial charge on any atom is -0.497 e. The molecule has 0 aliphatic carbocycles. The van der Waals surface area contributed by atoms with Gasteiger partial charge in [-0.3, -0.25) is 0 Å².